The van der Waals surface area contributed by atoms with E-state index in [2.05, 4.69) is 0 Å². The summed E-state index contributed by atoms with van der Waals surface area (Å²) in [6.07, 6.45) is -5.18. The van der Waals surface area contributed by atoms with Crippen LogP contribution >= 0.6 is 0 Å². The van der Waals surface area contributed by atoms with Crippen LogP contribution in [0.4, 0.5) is 26.3 Å². The van der Waals surface area contributed by atoms with Gasteiger partial charge in [-0.25, -0.2) is 21.6 Å². The van der Waals surface area contributed by atoms with Crippen LogP contribution in [0.2, 0.25) is 0 Å². The number of alkyl halides is 5. The minimum absolute atomic E-state index is 0.132. The van der Waals surface area contributed by atoms with Crippen LogP contribution in [0.15, 0.2) is 52.3 Å². The summed E-state index contributed by atoms with van der Waals surface area (Å²) in [7, 11) is -4.49. The van der Waals surface area contributed by atoms with Crippen molar-refractivity contribution in [2.45, 2.75) is 28.8 Å². The molecule has 0 aliphatic rings. The highest BCUT2D eigenvalue weighted by molar-refractivity contribution is 7.91. The third-order valence-electron chi connectivity index (χ3n) is 3.19. The molecule has 0 N–H and O–H groups in total. The van der Waals surface area contributed by atoms with E-state index in [1.54, 1.807) is 0 Å². The van der Waals surface area contributed by atoms with Gasteiger partial charge in [-0.15, -0.1) is 0 Å². The van der Waals surface area contributed by atoms with Crippen molar-refractivity contribution < 1.29 is 34.8 Å². The van der Waals surface area contributed by atoms with Crippen LogP contribution in [0.1, 0.15) is 18.1 Å². The molecule has 0 aromatic heterocycles. The smallest absolute Gasteiger partial charge is 0.219 e. The van der Waals surface area contributed by atoms with E-state index in [4.69, 9.17) is 0 Å². The number of hydrogen-bond donors (Lipinski definition) is 0. The van der Waals surface area contributed by atoms with Gasteiger partial charge in [0.1, 0.15) is 5.82 Å². The van der Waals surface area contributed by atoms with Crippen molar-refractivity contribution in [1.82, 2.24) is 0 Å². The number of hydrogen-bond acceptors (Lipinski definition) is 2. The standard InChI is InChI=1S/C15H10F6O2S/c1-14(17,18)12-6-5-11(8-13(12)15(19,20)21)24(22,23)10-4-2-3-9(16)7-10/h2-8H,1H3. The van der Waals surface area contributed by atoms with Crippen LogP contribution < -0.4 is 0 Å². The maximum atomic E-state index is 13.4. The summed E-state index contributed by atoms with van der Waals surface area (Å²) in [5.74, 6) is -4.71. The fourth-order valence-electron chi connectivity index (χ4n) is 2.08. The fraction of sp³-hybridized carbons (Fsp3) is 0.200. The quantitative estimate of drug-likeness (QED) is 0.730. The molecule has 2 rings (SSSR count). The molecule has 0 saturated carbocycles. The van der Waals surface area contributed by atoms with E-state index in [1.165, 1.54) is 0 Å². The topological polar surface area (TPSA) is 34.1 Å². The van der Waals surface area contributed by atoms with Gasteiger partial charge < -0.3 is 0 Å². The number of benzene rings is 2. The molecule has 130 valence electrons. The highest BCUT2D eigenvalue weighted by atomic mass is 32.2. The Labute approximate surface area is 133 Å². The molecule has 0 atom stereocenters. The lowest BCUT2D eigenvalue weighted by Crippen LogP contribution is -2.18. The second-order valence-corrected chi connectivity index (χ2v) is 7.00. The Kier molecular flexibility index (Phi) is 4.43. The van der Waals surface area contributed by atoms with Gasteiger partial charge in [-0.05, 0) is 30.3 Å². The van der Waals surface area contributed by atoms with Crippen molar-refractivity contribution in [3.8, 4) is 0 Å². The highest BCUT2D eigenvalue weighted by Gasteiger charge is 2.41. The Hall–Kier alpha value is -2.03. The zero-order chi connectivity index (χ0) is 18.3. The summed E-state index contributed by atoms with van der Waals surface area (Å²) in [6, 6.07) is 4.84. The molecule has 2 nitrogen and oxygen atoms in total. The second kappa shape index (κ2) is 5.80. The third-order valence-corrected chi connectivity index (χ3v) is 4.94. The normalized spacial score (nSPS) is 13.1. The van der Waals surface area contributed by atoms with E-state index in [-0.39, 0.29) is 13.0 Å². The fourth-order valence-corrected chi connectivity index (χ4v) is 3.40. The van der Waals surface area contributed by atoms with Gasteiger partial charge in [0.15, 0.2) is 0 Å². The van der Waals surface area contributed by atoms with Crippen LogP contribution in [0.25, 0.3) is 0 Å². The van der Waals surface area contributed by atoms with Crippen LogP contribution in [0, 0.1) is 5.82 Å². The first-order chi connectivity index (χ1) is 10.8. The zero-order valence-corrected chi connectivity index (χ0v) is 12.9. The highest BCUT2D eigenvalue weighted by Crippen LogP contribution is 2.40. The Morgan fingerprint density at radius 1 is 0.833 bits per heavy atom. The molecule has 0 aliphatic carbocycles. The van der Waals surface area contributed by atoms with Gasteiger partial charge in [-0.1, -0.05) is 12.1 Å². The van der Waals surface area contributed by atoms with E-state index in [9.17, 15) is 34.8 Å². The maximum Gasteiger partial charge on any atom is 0.416 e. The summed E-state index contributed by atoms with van der Waals surface area (Å²) in [6.45, 7) is 0.276. The number of halogens is 6. The summed E-state index contributed by atoms with van der Waals surface area (Å²) in [4.78, 5) is -1.43. The Balaban J connectivity index is 2.69. The van der Waals surface area contributed by atoms with Crippen molar-refractivity contribution in [2.75, 3.05) is 0 Å². The summed E-state index contributed by atoms with van der Waals surface area (Å²) in [5.41, 5.74) is -3.10. The predicted molar refractivity (Wildman–Crippen MR) is 72.9 cm³/mol. The zero-order valence-electron chi connectivity index (χ0n) is 12.0. The van der Waals surface area contributed by atoms with Gasteiger partial charge in [-0.2, -0.15) is 13.2 Å². The van der Waals surface area contributed by atoms with Gasteiger partial charge in [0, 0.05) is 12.5 Å². The SMILES string of the molecule is CC(F)(F)c1ccc(S(=O)(=O)c2cccc(F)c2)cc1C(F)(F)F. The molecule has 0 radical (unpaired) electrons. The first-order valence-electron chi connectivity index (χ1n) is 6.43. The minimum atomic E-state index is -5.18. The molecule has 2 aromatic rings. The molecule has 9 heteroatoms. The number of rotatable bonds is 3. The van der Waals surface area contributed by atoms with Gasteiger partial charge in [0.05, 0.1) is 15.4 Å². The van der Waals surface area contributed by atoms with Crippen LogP contribution in [0.3, 0.4) is 0 Å². The lowest BCUT2D eigenvalue weighted by atomic mass is 10.0. The molecule has 0 heterocycles. The van der Waals surface area contributed by atoms with Gasteiger partial charge in [0.2, 0.25) is 9.84 Å². The lowest BCUT2D eigenvalue weighted by molar-refractivity contribution is -0.141. The summed E-state index contributed by atoms with van der Waals surface area (Å²) < 4.78 is 104. The van der Waals surface area contributed by atoms with E-state index in [0.717, 1.165) is 18.2 Å². The van der Waals surface area contributed by atoms with E-state index in [0.29, 0.717) is 18.2 Å². The van der Waals surface area contributed by atoms with Gasteiger partial charge in [-0.3, -0.25) is 0 Å². The molecule has 0 aliphatic heterocycles. The Morgan fingerprint density at radius 2 is 1.42 bits per heavy atom. The Bertz CT molecular complexity index is 866. The molecule has 0 spiro atoms. The number of sulfone groups is 1. The van der Waals surface area contributed by atoms with E-state index >= 15 is 0 Å². The molecule has 24 heavy (non-hydrogen) atoms. The molecular formula is C15H10F6O2S. The van der Waals surface area contributed by atoms with Crippen molar-refractivity contribution in [1.29, 1.82) is 0 Å². The largest absolute Gasteiger partial charge is 0.416 e. The minimum Gasteiger partial charge on any atom is -0.219 e. The molecule has 0 amide bonds. The van der Waals surface area contributed by atoms with E-state index in [1.807, 2.05) is 0 Å². The van der Waals surface area contributed by atoms with Crippen LogP contribution in [0.5, 0.6) is 0 Å². The van der Waals surface area contributed by atoms with Crippen molar-refractivity contribution in [3.05, 3.63) is 59.4 Å². The average Bonchev–Trinajstić information content (AvgIpc) is 2.44. The summed E-state index contributed by atoms with van der Waals surface area (Å²) >= 11 is 0. The monoisotopic (exact) mass is 368 g/mol. The molecule has 0 unspecified atom stereocenters. The van der Waals surface area contributed by atoms with Gasteiger partial charge in [0.25, 0.3) is 5.92 Å². The third kappa shape index (κ3) is 3.55. The lowest BCUT2D eigenvalue weighted by Gasteiger charge is -2.19. The summed E-state index contributed by atoms with van der Waals surface area (Å²) in [5, 5.41) is 0. The van der Waals surface area contributed by atoms with Crippen molar-refractivity contribution in [2.24, 2.45) is 0 Å². The average molecular weight is 368 g/mol. The first-order valence-corrected chi connectivity index (χ1v) is 7.92. The second-order valence-electron chi connectivity index (χ2n) is 5.05. The molecule has 0 saturated heterocycles. The van der Waals surface area contributed by atoms with Gasteiger partial charge >= 0.3 is 6.18 Å². The molecular weight excluding hydrogens is 358 g/mol. The van der Waals surface area contributed by atoms with Crippen molar-refractivity contribution >= 4 is 9.84 Å². The van der Waals surface area contributed by atoms with E-state index < -0.39 is 48.7 Å². The molecule has 0 bridgehead atoms. The maximum absolute atomic E-state index is 13.4. The molecule has 2 aromatic carbocycles. The van der Waals surface area contributed by atoms with Crippen LogP contribution in [-0.2, 0) is 21.9 Å². The van der Waals surface area contributed by atoms with Crippen molar-refractivity contribution in [3.63, 3.8) is 0 Å². The first kappa shape index (κ1) is 18.3. The Morgan fingerprint density at radius 3 is 1.92 bits per heavy atom. The van der Waals surface area contributed by atoms with Crippen LogP contribution in [-0.4, -0.2) is 8.42 Å². The molecule has 0 fully saturated rings. The predicted octanol–water partition coefficient (Wildman–Crippen LogP) is 4.79.